The maximum atomic E-state index is 13.6. The van der Waals surface area contributed by atoms with Crippen molar-refractivity contribution in [3.05, 3.63) is 61.7 Å². The molecule has 1 aliphatic rings. The van der Waals surface area contributed by atoms with E-state index in [1.54, 1.807) is 29.8 Å². The molecule has 3 aromatic heterocycles. The SMILES string of the molecule is CCOC(=O)c1sc(NC(=O)CSc2nc3sc4c(c3c(=O)n2-c2ccccc2)CCC4)nc1C. The summed E-state index contributed by atoms with van der Waals surface area (Å²) in [5.74, 6) is -0.727. The number of amides is 1. The summed E-state index contributed by atoms with van der Waals surface area (Å²) in [5, 5.41) is 4.23. The highest BCUT2D eigenvalue weighted by Gasteiger charge is 2.24. The van der Waals surface area contributed by atoms with Gasteiger partial charge in [0.1, 0.15) is 9.71 Å². The molecule has 4 aromatic rings. The maximum Gasteiger partial charge on any atom is 0.350 e. The molecule has 0 radical (unpaired) electrons. The molecule has 0 unspecified atom stereocenters. The zero-order valence-corrected chi connectivity index (χ0v) is 21.6. The molecular formula is C24H22N4O4S3. The van der Waals surface area contributed by atoms with Crippen molar-refractivity contribution in [3.8, 4) is 5.69 Å². The fourth-order valence-electron chi connectivity index (χ4n) is 4.05. The number of ether oxygens (including phenoxy) is 1. The van der Waals surface area contributed by atoms with Crippen molar-refractivity contribution in [2.24, 2.45) is 0 Å². The van der Waals surface area contributed by atoms with Gasteiger partial charge in [-0.05, 0) is 50.8 Å². The number of fused-ring (bicyclic) bond motifs is 3. The number of nitrogens with zero attached hydrogens (tertiary/aromatic N) is 3. The van der Waals surface area contributed by atoms with Gasteiger partial charge in [-0.1, -0.05) is 41.3 Å². The van der Waals surface area contributed by atoms with E-state index in [1.807, 2.05) is 30.3 Å². The number of hydrogen-bond acceptors (Lipinski definition) is 9. The standard InChI is InChI=1S/C24H22N4O4S3/c1-3-32-22(31)19-13(2)25-23(35-19)26-17(29)12-33-24-27-20-18(15-10-7-11-16(15)34-20)21(30)28(24)14-8-5-4-6-9-14/h4-6,8-9H,3,7,10-12H2,1-2H3,(H,25,26,29). The molecule has 1 N–H and O–H groups in total. The average molecular weight is 527 g/mol. The summed E-state index contributed by atoms with van der Waals surface area (Å²) >= 11 is 3.85. The van der Waals surface area contributed by atoms with E-state index >= 15 is 0 Å². The summed E-state index contributed by atoms with van der Waals surface area (Å²) in [7, 11) is 0. The molecule has 0 saturated carbocycles. The molecule has 180 valence electrons. The lowest BCUT2D eigenvalue weighted by Crippen LogP contribution is -2.23. The average Bonchev–Trinajstić information content (AvgIpc) is 3.52. The molecule has 0 bridgehead atoms. The molecule has 1 aliphatic carbocycles. The summed E-state index contributed by atoms with van der Waals surface area (Å²) in [6.07, 6.45) is 2.94. The van der Waals surface area contributed by atoms with Crippen LogP contribution >= 0.6 is 34.4 Å². The minimum absolute atomic E-state index is 0.0310. The number of rotatable bonds is 7. The first kappa shape index (κ1) is 23.7. The van der Waals surface area contributed by atoms with Crippen LogP contribution in [0.1, 0.15) is 39.2 Å². The van der Waals surface area contributed by atoms with Crippen LogP contribution in [-0.4, -0.2) is 38.8 Å². The lowest BCUT2D eigenvalue weighted by molar-refractivity contribution is -0.113. The van der Waals surface area contributed by atoms with Gasteiger partial charge in [-0.15, -0.1) is 11.3 Å². The van der Waals surface area contributed by atoms with Gasteiger partial charge in [-0.3, -0.25) is 14.2 Å². The van der Waals surface area contributed by atoms with Gasteiger partial charge in [0.2, 0.25) is 5.91 Å². The first-order valence-electron chi connectivity index (χ1n) is 11.2. The highest BCUT2D eigenvalue weighted by molar-refractivity contribution is 7.99. The van der Waals surface area contributed by atoms with E-state index in [1.165, 1.54) is 16.6 Å². The van der Waals surface area contributed by atoms with Gasteiger partial charge >= 0.3 is 5.97 Å². The van der Waals surface area contributed by atoms with Gasteiger partial charge < -0.3 is 10.1 Å². The molecule has 0 atom stereocenters. The molecule has 8 nitrogen and oxygen atoms in total. The number of carbonyl (C=O) groups is 2. The molecule has 3 heterocycles. The van der Waals surface area contributed by atoms with Gasteiger partial charge in [-0.2, -0.15) is 0 Å². The second-order valence-corrected chi connectivity index (χ2v) is 10.9. The second-order valence-electron chi connectivity index (χ2n) is 7.90. The number of nitrogens with one attached hydrogen (secondary N) is 1. The number of anilines is 1. The Morgan fingerprint density at radius 1 is 1.17 bits per heavy atom. The van der Waals surface area contributed by atoms with Crippen LogP contribution in [0.3, 0.4) is 0 Å². The number of esters is 1. The Morgan fingerprint density at radius 3 is 2.74 bits per heavy atom. The molecule has 35 heavy (non-hydrogen) atoms. The zero-order chi connectivity index (χ0) is 24.5. The van der Waals surface area contributed by atoms with E-state index in [9.17, 15) is 14.4 Å². The van der Waals surface area contributed by atoms with Crippen LogP contribution in [-0.2, 0) is 22.4 Å². The molecule has 0 aliphatic heterocycles. The number of carbonyl (C=O) groups excluding carboxylic acids is 2. The molecule has 1 amide bonds. The highest BCUT2D eigenvalue weighted by Crippen LogP contribution is 2.36. The van der Waals surface area contributed by atoms with Crippen molar-refractivity contribution in [2.75, 3.05) is 17.7 Å². The Morgan fingerprint density at radius 2 is 1.97 bits per heavy atom. The fourth-order valence-corrected chi connectivity index (χ4v) is 7.04. The molecule has 0 fully saturated rings. The van der Waals surface area contributed by atoms with Crippen molar-refractivity contribution in [3.63, 3.8) is 0 Å². The summed E-state index contributed by atoms with van der Waals surface area (Å²) in [5.41, 5.74) is 2.24. The minimum Gasteiger partial charge on any atom is -0.462 e. The summed E-state index contributed by atoms with van der Waals surface area (Å²) in [4.78, 5) is 49.8. The smallest absolute Gasteiger partial charge is 0.350 e. The number of aryl methyl sites for hydroxylation is 3. The van der Waals surface area contributed by atoms with E-state index in [2.05, 4.69) is 10.3 Å². The van der Waals surface area contributed by atoms with E-state index in [-0.39, 0.29) is 23.8 Å². The van der Waals surface area contributed by atoms with Gasteiger partial charge in [-0.25, -0.2) is 14.8 Å². The minimum atomic E-state index is -0.454. The Labute approximate surface area is 213 Å². The van der Waals surface area contributed by atoms with E-state index in [0.29, 0.717) is 31.9 Å². The predicted molar refractivity (Wildman–Crippen MR) is 139 cm³/mol. The number of aromatic nitrogens is 3. The van der Waals surface area contributed by atoms with Gasteiger partial charge in [0, 0.05) is 4.88 Å². The Hall–Kier alpha value is -3.02. The van der Waals surface area contributed by atoms with Crippen molar-refractivity contribution >= 4 is 61.7 Å². The summed E-state index contributed by atoms with van der Waals surface area (Å²) < 4.78 is 6.63. The Balaban J connectivity index is 1.41. The number of para-hydroxylation sites is 1. The van der Waals surface area contributed by atoms with Crippen LogP contribution in [0.15, 0.2) is 40.3 Å². The second kappa shape index (κ2) is 9.92. The monoisotopic (exact) mass is 526 g/mol. The first-order chi connectivity index (χ1) is 17.0. The number of thiophene rings is 1. The number of benzene rings is 1. The van der Waals surface area contributed by atoms with Crippen LogP contribution in [0.25, 0.3) is 15.9 Å². The lowest BCUT2D eigenvalue weighted by atomic mass is 10.2. The molecule has 0 spiro atoms. The normalized spacial score (nSPS) is 12.6. The van der Waals surface area contributed by atoms with Crippen LogP contribution in [0.4, 0.5) is 5.13 Å². The largest absolute Gasteiger partial charge is 0.462 e. The van der Waals surface area contributed by atoms with Crippen molar-refractivity contribution in [1.82, 2.24) is 14.5 Å². The Kier molecular flexibility index (Phi) is 6.72. The predicted octanol–water partition coefficient (Wildman–Crippen LogP) is 4.61. The summed E-state index contributed by atoms with van der Waals surface area (Å²) in [6, 6.07) is 9.36. The first-order valence-corrected chi connectivity index (χ1v) is 13.8. The van der Waals surface area contributed by atoms with E-state index in [4.69, 9.17) is 9.72 Å². The van der Waals surface area contributed by atoms with E-state index < -0.39 is 5.97 Å². The molecular weight excluding hydrogens is 504 g/mol. The van der Waals surface area contributed by atoms with Crippen molar-refractivity contribution < 1.29 is 14.3 Å². The molecule has 0 saturated heterocycles. The number of thioether (sulfide) groups is 1. The van der Waals surface area contributed by atoms with Crippen molar-refractivity contribution in [2.45, 2.75) is 38.3 Å². The Bertz CT molecular complexity index is 1490. The zero-order valence-electron chi connectivity index (χ0n) is 19.1. The molecule has 5 rings (SSSR count). The van der Waals surface area contributed by atoms with E-state index in [0.717, 1.165) is 41.0 Å². The fraction of sp³-hybridized carbons (Fsp3) is 0.292. The van der Waals surface area contributed by atoms with Gasteiger partial charge in [0.15, 0.2) is 10.3 Å². The molecule has 11 heteroatoms. The third kappa shape index (κ3) is 4.63. The van der Waals surface area contributed by atoms with Crippen LogP contribution in [0.5, 0.6) is 0 Å². The van der Waals surface area contributed by atoms with Crippen LogP contribution in [0.2, 0.25) is 0 Å². The van der Waals surface area contributed by atoms with Crippen molar-refractivity contribution in [1.29, 1.82) is 0 Å². The van der Waals surface area contributed by atoms with Gasteiger partial charge in [0.25, 0.3) is 5.56 Å². The van der Waals surface area contributed by atoms with Gasteiger partial charge in [0.05, 0.1) is 29.1 Å². The molecule has 1 aromatic carbocycles. The summed E-state index contributed by atoms with van der Waals surface area (Å²) in [6.45, 7) is 3.70. The van der Waals surface area contributed by atoms with Crippen LogP contribution in [0, 0.1) is 6.92 Å². The third-order valence-electron chi connectivity index (χ3n) is 5.56. The topological polar surface area (TPSA) is 103 Å². The lowest BCUT2D eigenvalue weighted by Gasteiger charge is -2.12. The number of thiazole rings is 1. The highest BCUT2D eigenvalue weighted by atomic mass is 32.2. The maximum absolute atomic E-state index is 13.6. The third-order valence-corrected chi connectivity index (χ3v) is 8.74. The quantitative estimate of drug-likeness (QED) is 0.213. The number of hydrogen-bond donors (Lipinski definition) is 1. The van der Waals surface area contributed by atoms with Crippen LogP contribution < -0.4 is 10.9 Å².